The van der Waals surface area contributed by atoms with Crippen LogP contribution in [0, 0.1) is 11.8 Å². The van der Waals surface area contributed by atoms with Crippen LogP contribution in [0.1, 0.15) is 70.6 Å². The largest absolute Gasteiger partial charge is 0.391 e. The lowest BCUT2D eigenvalue weighted by atomic mass is 9.85. The summed E-state index contributed by atoms with van der Waals surface area (Å²) in [6.07, 6.45) is 3.70. The summed E-state index contributed by atoms with van der Waals surface area (Å²) in [5.74, 6) is -1.71. The fourth-order valence-electron chi connectivity index (χ4n) is 4.71. The molecule has 0 spiro atoms. The summed E-state index contributed by atoms with van der Waals surface area (Å²) in [5.41, 5.74) is 0. The highest BCUT2D eigenvalue weighted by atomic mass is 19.4. The van der Waals surface area contributed by atoms with E-state index in [1.165, 1.54) is 12.8 Å². The van der Waals surface area contributed by atoms with E-state index in [1.807, 2.05) is 4.90 Å². The van der Waals surface area contributed by atoms with E-state index in [9.17, 15) is 22.8 Å². The van der Waals surface area contributed by atoms with Crippen LogP contribution in [0.15, 0.2) is 0 Å². The first-order valence-corrected chi connectivity index (χ1v) is 10.0. The first kappa shape index (κ1) is 19.5. The Labute approximate surface area is 152 Å². The van der Waals surface area contributed by atoms with Crippen LogP contribution in [0.3, 0.4) is 0 Å². The van der Waals surface area contributed by atoms with Crippen molar-refractivity contribution in [2.24, 2.45) is 11.8 Å². The molecule has 1 saturated heterocycles. The van der Waals surface area contributed by atoms with Crippen LogP contribution in [-0.2, 0) is 9.59 Å². The molecule has 2 saturated carbocycles. The molecule has 1 N–H and O–H groups in total. The average Bonchev–Trinajstić information content (AvgIpc) is 2.80. The van der Waals surface area contributed by atoms with Gasteiger partial charge >= 0.3 is 6.18 Å². The van der Waals surface area contributed by atoms with Crippen LogP contribution in [-0.4, -0.2) is 41.5 Å². The summed E-state index contributed by atoms with van der Waals surface area (Å²) in [4.78, 5) is 26.8. The quantitative estimate of drug-likeness (QED) is 0.764. The van der Waals surface area contributed by atoms with Gasteiger partial charge in [0.05, 0.1) is 11.8 Å². The number of halogens is 3. The molecule has 0 aromatic rings. The van der Waals surface area contributed by atoms with Gasteiger partial charge in [-0.05, 0) is 38.5 Å². The van der Waals surface area contributed by atoms with Crippen molar-refractivity contribution in [3.63, 3.8) is 0 Å². The summed E-state index contributed by atoms with van der Waals surface area (Å²) >= 11 is 0. The molecule has 1 atom stereocenters. The van der Waals surface area contributed by atoms with E-state index in [4.69, 9.17) is 0 Å². The summed E-state index contributed by atoms with van der Waals surface area (Å²) in [6, 6.07) is 0.0631. The molecule has 148 valence electrons. The van der Waals surface area contributed by atoms with Gasteiger partial charge in [0.15, 0.2) is 0 Å². The number of rotatable bonds is 3. The van der Waals surface area contributed by atoms with Crippen LogP contribution < -0.4 is 5.32 Å². The number of alkyl halides is 3. The van der Waals surface area contributed by atoms with E-state index in [1.54, 1.807) is 0 Å². The first-order valence-electron chi connectivity index (χ1n) is 10.0. The van der Waals surface area contributed by atoms with Gasteiger partial charge in [-0.3, -0.25) is 9.59 Å². The van der Waals surface area contributed by atoms with E-state index >= 15 is 0 Å². The third kappa shape index (κ3) is 4.71. The molecule has 4 nitrogen and oxygen atoms in total. The molecular weight excluding hydrogens is 345 g/mol. The van der Waals surface area contributed by atoms with Crippen molar-refractivity contribution in [2.45, 2.75) is 88.9 Å². The highest BCUT2D eigenvalue weighted by Crippen LogP contribution is 2.37. The predicted octanol–water partition coefficient (Wildman–Crippen LogP) is 3.80. The Hall–Kier alpha value is -1.27. The molecule has 0 unspecified atom stereocenters. The normalized spacial score (nSPS) is 31.7. The van der Waals surface area contributed by atoms with Gasteiger partial charge in [-0.25, -0.2) is 0 Å². The molecule has 3 fully saturated rings. The van der Waals surface area contributed by atoms with Gasteiger partial charge in [-0.15, -0.1) is 0 Å². The van der Waals surface area contributed by atoms with Crippen molar-refractivity contribution in [3.8, 4) is 0 Å². The molecule has 1 aliphatic heterocycles. The Morgan fingerprint density at radius 3 is 2.15 bits per heavy atom. The number of nitrogens with one attached hydrogen (secondary N) is 1. The number of hydrogen-bond donors (Lipinski definition) is 1. The van der Waals surface area contributed by atoms with Crippen LogP contribution in [0.4, 0.5) is 13.2 Å². The van der Waals surface area contributed by atoms with E-state index in [0.29, 0.717) is 19.4 Å². The zero-order valence-electron chi connectivity index (χ0n) is 15.2. The molecule has 0 bridgehead atoms. The van der Waals surface area contributed by atoms with E-state index < -0.39 is 12.1 Å². The second-order valence-electron chi connectivity index (χ2n) is 8.19. The minimum Gasteiger partial charge on any atom is -0.353 e. The highest BCUT2D eigenvalue weighted by molar-refractivity contribution is 5.89. The Morgan fingerprint density at radius 1 is 0.962 bits per heavy atom. The lowest BCUT2D eigenvalue weighted by Crippen LogP contribution is -2.43. The number of nitrogens with zero attached hydrogens (tertiary/aromatic N) is 1. The molecule has 3 rings (SSSR count). The topological polar surface area (TPSA) is 49.4 Å². The van der Waals surface area contributed by atoms with Crippen molar-refractivity contribution >= 4 is 11.8 Å². The predicted molar refractivity (Wildman–Crippen MR) is 91.3 cm³/mol. The Bertz CT molecular complexity index is 507. The van der Waals surface area contributed by atoms with Gasteiger partial charge in [0.1, 0.15) is 0 Å². The molecular formula is C19H29F3N2O2. The molecule has 0 aromatic carbocycles. The number of hydrogen-bond acceptors (Lipinski definition) is 2. The van der Waals surface area contributed by atoms with Gasteiger partial charge < -0.3 is 10.2 Å². The van der Waals surface area contributed by atoms with Crippen molar-refractivity contribution in [1.29, 1.82) is 0 Å². The van der Waals surface area contributed by atoms with Crippen LogP contribution in [0.2, 0.25) is 0 Å². The minimum absolute atomic E-state index is 0.0535. The van der Waals surface area contributed by atoms with Crippen molar-refractivity contribution in [1.82, 2.24) is 10.2 Å². The lowest BCUT2D eigenvalue weighted by Gasteiger charge is -2.31. The van der Waals surface area contributed by atoms with Crippen LogP contribution >= 0.6 is 0 Å². The van der Waals surface area contributed by atoms with Crippen LogP contribution in [0.5, 0.6) is 0 Å². The summed E-state index contributed by atoms with van der Waals surface area (Å²) in [5, 5.41) is 2.90. The third-order valence-corrected chi connectivity index (χ3v) is 6.33. The molecule has 0 aromatic heterocycles. The third-order valence-electron chi connectivity index (χ3n) is 6.33. The molecule has 2 amide bonds. The van der Waals surface area contributed by atoms with Crippen molar-refractivity contribution in [3.05, 3.63) is 0 Å². The maximum atomic E-state index is 12.7. The van der Waals surface area contributed by atoms with E-state index in [2.05, 4.69) is 5.32 Å². The zero-order valence-corrected chi connectivity index (χ0v) is 15.2. The molecule has 1 heterocycles. The van der Waals surface area contributed by atoms with Crippen LogP contribution in [0.25, 0.3) is 0 Å². The minimum atomic E-state index is -4.13. The van der Waals surface area contributed by atoms with Gasteiger partial charge in [0.2, 0.25) is 11.8 Å². The number of likely N-dealkylation sites (tertiary alicyclic amines) is 1. The van der Waals surface area contributed by atoms with E-state index in [0.717, 1.165) is 25.7 Å². The van der Waals surface area contributed by atoms with Gasteiger partial charge in [-0.1, -0.05) is 25.7 Å². The molecule has 3 aliphatic rings. The smallest absolute Gasteiger partial charge is 0.353 e. The molecule has 26 heavy (non-hydrogen) atoms. The summed E-state index contributed by atoms with van der Waals surface area (Å²) < 4.78 is 38.2. The molecule has 7 heteroatoms. The summed E-state index contributed by atoms with van der Waals surface area (Å²) in [7, 11) is 0. The Morgan fingerprint density at radius 2 is 1.58 bits per heavy atom. The lowest BCUT2D eigenvalue weighted by molar-refractivity contribution is -0.182. The maximum absolute atomic E-state index is 12.7. The van der Waals surface area contributed by atoms with E-state index in [-0.39, 0.29) is 49.1 Å². The Balaban J connectivity index is 1.48. The van der Waals surface area contributed by atoms with Crippen molar-refractivity contribution < 1.29 is 22.8 Å². The average molecular weight is 374 g/mol. The zero-order chi connectivity index (χ0) is 18.7. The highest BCUT2D eigenvalue weighted by Gasteiger charge is 2.42. The number of carbonyl (C=O) groups is 2. The Kier molecular flexibility index (Phi) is 6.13. The van der Waals surface area contributed by atoms with Gasteiger partial charge in [0, 0.05) is 25.0 Å². The first-order chi connectivity index (χ1) is 12.3. The SMILES string of the molecule is O=C(NC1CCC(C(F)(F)F)CC1)[C@@H]1CC(=O)N(C2CCCCCC2)C1. The summed E-state index contributed by atoms with van der Waals surface area (Å²) in [6.45, 7) is 0.466. The second-order valence-corrected chi connectivity index (χ2v) is 8.19. The standard InChI is InChI=1S/C19H29F3N2O2/c20-19(21,22)14-7-9-15(10-8-14)23-18(26)13-11-17(25)24(12-13)16-5-3-1-2-4-6-16/h13-16H,1-12H2,(H,23,26)/t13-,14?,15?/m1/s1. The van der Waals surface area contributed by atoms with Gasteiger partial charge in [0.25, 0.3) is 0 Å². The fourth-order valence-corrected chi connectivity index (χ4v) is 4.71. The second kappa shape index (κ2) is 8.17. The van der Waals surface area contributed by atoms with Gasteiger partial charge in [-0.2, -0.15) is 13.2 Å². The monoisotopic (exact) mass is 374 g/mol. The van der Waals surface area contributed by atoms with Crippen molar-refractivity contribution in [2.75, 3.05) is 6.54 Å². The maximum Gasteiger partial charge on any atom is 0.391 e. The number of amides is 2. The fraction of sp³-hybridized carbons (Fsp3) is 0.895. The molecule has 2 aliphatic carbocycles. The molecule has 0 radical (unpaired) electrons. The number of carbonyl (C=O) groups excluding carboxylic acids is 2.